The molecule has 0 saturated carbocycles. The Balaban J connectivity index is 1.35. The van der Waals surface area contributed by atoms with Crippen LogP contribution < -0.4 is 4.74 Å². The van der Waals surface area contributed by atoms with E-state index in [-0.39, 0.29) is 18.3 Å². The average Bonchev–Trinajstić information content (AvgIpc) is 3.07. The van der Waals surface area contributed by atoms with Crippen LogP contribution in [0.5, 0.6) is 5.75 Å². The van der Waals surface area contributed by atoms with E-state index in [9.17, 15) is 18.8 Å². The first-order chi connectivity index (χ1) is 15.5. The van der Waals surface area contributed by atoms with Gasteiger partial charge in [0.1, 0.15) is 24.7 Å². The van der Waals surface area contributed by atoms with Gasteiger partial charge in [0.15, 0.2) is 0 Å². The first-order valence-corrected chi connectivity index (χ1v) is 11.3. The fraction of sp³-hybridized carbons (Fsp3) is 0.292. The van der Waals surface area contributed by atoms with E-state index >= 15 is 0 Å². The summed E-state index contributed by atoms with van der Waals surface area (Å²) in [6, 6.07) is 13.2. The Morgan fingerprint density at radius 1 is 1.00 bits per heavy atom. The summed E-state index contributed by atoms with van der Waals surface area (Å²) < 4.78 is 18.7. The topological polar surface area (TPSA) is 66.9 Å². The Kier molecular flexibility index (Phi) is 6.90. The second-order valence-corrected chi connectivity index (χ2v) is 8.69. The van der Waals surface area contributed by atoms with Gasteiger partial charge in [-0.15, -0.1) is 0 Å². The van der Waals surface area contributed by atoms with Gasteiger partial charge in [0, 0.05) is 13.1 Å². The second kappa shape index (κ2) is 9.99. The van der Waals surface area contributed by atoms with Gasteiger partial charge in [-0.3, -0.25) is 19.3 Å². The van der Waals surface area contributed by atoms with Crippen LogP contribution in [0.2, 0.25) is 0 Å². The molecule has 2 aromatic carbocycles. The van der Waals surface area contributed by atoms with Crippen LogP contribution in [0, 0.1) is 5.82 Å². The van der Waals surface area contributed by atoms with Crippen LogP contribution in [0.15, 0.2) is 53.4 Å². The van der Waals surface area contributed by atoms with Gasteiger partial charge in [0.2, 0.25) is 5.91 Å². The quantitative estimate of drug-likeness (QED) is 0.603. The van der Waals surface area contributed by atoms with E-state index in [1.165, 1.54) is 12.1 Å². The number of likely N-dealkylation sites (tertiary alicyclic amines) is 1. The van der Waals surface area contributed by atoms with E-state index in [2.05, 4.69) is 0 Å². The molecule has 2 saturated heterocycles. The summed E-state index contributed by atoms with van der Waals surface area (Å²) in [6.45, 7) is 1.46. The number of carbonyl (C=O) groups is 3. The fourth-order valence-electron chi connectivity index (χ4n) is 3.57. The number of benzene rings is 2. The lowest BCUT2D eigenvalue weighted by molar-refractivity contribution is -0.136. The van der Waals surface area contributed by atoms with Gasteiger partial charge in [-0.1, -0.05) is 24.3 Å². The van der Waals surface area contributed by atoms with Crippen LogP contribution in [-0.2, 0) is 16.2 Å². The van der Waals surface area contributed by atoms with Gasteiger partial charge in [0.05, 0.1) is 4.91 Å². The van der Waals surface area contributed by atoms with Crippen molar-refractivity contribution in [2.45, 2.75) is 25.9 Å². The molecule has 0 N–H and O–H groups in total. The minimum atomic E-state index is -0.443. The molecule has 0 unspecified atom stereocenters. The summed E-state index contributed by atoms with van der Waals surface area (Å²) in [5.74, 6) is -0.289. The molecule has 32 heavy (non-hydrogen) atoms. The zero-order valence-electron chi connectivity index (χ0n) is 17.5. The number of hydrogen-bond donors (Lipinski definition) is 0. The van der Waals surface area contributed by atoms with Gasteiger partial charge in [-0.2, -0.15) is 0 Å². The molecular formula is C24H23FN2O4S. The Hall–Kier alpha value is -3.13. The van der Waals surface area contributed by atoms with Crippen LogP contribution in [0.25, 0.3) is 6.08 Å². The molecule has 0 spiro atoms. The molecule has 0 aliphatic carbocycles. The molecule has 2 aliphatic heterocycles. The predicted molar refractivity (Wildman–Crippen MR) is 120 cm³/mol. The summed E-state index contributed by atoms with van der Waals surface area (Å²) in [6.07, 6.45) is 4.65. The molecule has 2 aliphatic rings. The first-order valence-electron chi connectivity index (χ1n) is 10.5. The smallest absolute Gasteiger partial charge is 0.294 e. The molecule has 0 radical (unpaired) electrons. The van der Waals surface area contributed by atoms with Crippen molar-refractivity contribution in [1.29, 1.82) is 0 Å². The highest BCUT2D eigenvalue weighted by Gasteiger charge is 2.37. The van der Waals surface area contributed by atoms with E-state index in [0.717, 1.165) is 47.1 Å². The molecule has 3 amide bonds. The molecule has 166 valence electrons. The summed E-state index contributed by atoms with van der Waals surface area (Å²) in [5.41, 5.74) is 1.59. The fourth-order valence-corrected chi connectivity index (χ4v) is 4.41. The maximum absolute atomic E-state index is 13.0. The highest BCUT2D eigenvalue weighted by Crippen LogP contribution is 2.32. The van der Waals surface area contributed by atoms with Crippen LogP contribution in [0.4, 0.5) is 9.18 Å². The van der Waals surface area contributed by atoms with Crippen LogP contribution in [-0.4, -0.2) is 46.5 Å². The molecule has 0 aromatic heterocycles. The van der Waals surface area contributed by atoms with Crippen LogP contribution >= 0.6 is 11.8 Å². The number of carbonyl (C=O) groups excluding carboxylic acids is 3. The predicted octanol–water partition coefficient (Wildman–Crippen LogP) is 4.45. The maximum atomic E-state index is 13.0. The van der Waals surface area contributed by atoms with Crippen LogP contribution in [0.1, 0.15) is 30.4 Å². The van der Waals surface area contributed by atoms with E-state index in [4.69, 9.17) is 4.74 Å². The molecule has 6 nitrogen and oxygen atoms in total. The lowest BCUT2D eigenvalue weighted by Gasteiger charge is -2.27. The Morgan fingerprint density at radius 3 is 2.38 bits per heavy atom. The normalized spacial score (nSPS) is 17.8. The zero-order valence-corrected chi connectivity index (χ0v) is 18.3. The molecule has 0 bridgehead atoms. The van der Waals surface area contributed by atoms with Crippen molar-refractivity contribution in [3.05, 3.63) is 70.4 Å². The maximum Gasteiger partial charge on any atom is 0.294 e. The third-order valence-corrected chi connectivity index (χ3v) is 6.28. The summed E-state index contributed by atoms with van der Waals surface area (Å²) in [4.78, 5) is 40.5. The number of imide groups is 1. The van der Waals surface area contributed by atoms with E-state index in [1.54, 1.807) is 47.4 Å². The summed E-state index contributed by atoms with van der Waals surface area (Å²) >= 11 is 0.844. The first kappa shape index (κ1) is 22.1. The molecule has 2 fully saturated rings. The number of amides is 3. The summed E-state index contributed by atoms with van der Waals surface area (Å²) in [7, 11) is 0. The van der Waals surface area contributed by atoms with Gasteiger partial charge in [-0.05, 0) is 72.5 Å². The number of thioether (sulfide) groups is 1. The van der Waals surface area contributed by atoms with E-state index in [1.807, 2.05) is 0 Å². The van der Waals surface area contributed by atoms with Crippen molar-refractivity contribution in [3.8, 4) is 5.75 Å². The minimum Gasteiger partial charge on any atom is -0.489 e. The molecule has 0 atom stereocenters. The standard InChI is InChI=1S/C24H23FN2O4S/c25-19-8-4-18(5-9-19)16-31-20-10-6-17(7-11-20)14-21-23(29)27(24(30)32-21)15-22(28)26-12-2-1-3-13-26/h4-11,14H,1-3,12-13,15-16H2. The average molecular weight is 455 g/mol. The van der Waals surface area contributed by atoms with Crippen LogP contribution in [0.3, 0.4) is 0 Å². The molecule has 4 rings (SSSR count). The summed E-state index contributed by atoms with van der Waals surface area (Å²) in [5, 5.41) is -0.425. The number of halogens is 1. The third-order valence-electron chi connectivity index (χ3n) is 5.37. The molecule has 2 aromatic rings. The molecule has 2 heterocycles. The molecule has 8 heteroatoms. The Labute approximate surface area is 190 Å². The van der Waals surface area contributed by atoms with Gasteiger partial charge < -0.3 is 9.64 Å². The van der Waals surface area contributed by atoms with Gasteiger partial charge in [0.25, 0.3) is 11.1 Å². The largest absolute Gasteiger partial charge is 0.489 e. The van der Waals surface area contributed by atoms with Gasteiger partial charge >= 0.3 is 0 Å². The molecular weight excluding hydrogens is 431 g/mol. The van der Waals surface area contributed by atoms with Crippen molar-refractivity contribution in [3.63, 3.8) is 0 Å². The van der Waals surface area contributed by atoms with Crippen molar-refractivity contribution in [2.24, 2.45) is 0 Å². The van der Waals surface area contributed by atoms with Crippen molar-refractivity contribution in [2.75, 3.05) is 19.6 Å². The zero-order chi connectivity index (χ0) is 22.5. The Morgan fingerprint density at radius 2 is 1.69 bits per heavy atom. The van der Waals surface area contributed by atoms with E-state index < -0.39 is 11.1 Å². The third kappa shape index (κ3) is 5.37. The van der Waals surface area contributed by atoms with Crippen molar-refractivity contribution >= 4 is 34.9 Å². The minimum absolute atomic E-state index is 0.184. The number of ether oxygens (including phenoxy) is 1. The number of rotatable bonds is 6. The lowest BCUT2D eigenvalue weighted by Crippen LogP contribution is -2.44. The van der Waals surface area contributed by atoms with E-state index in [0.29, 0.717) is 30.4 Å². The van der Waals surface area contributed by atoms with Crippen molar-refractivity contribution < 1.29 is 23.5 Å². The number of piperidine rings is 1. The van der Waals surface area contributed by atoms with Crippen molar-refractivity contribution in [1.82, 2.24) is 9.80 Å². The monoisotopic (exact) mass is 454 g/mol. The highest BCUT2D eigenvalue weighted by atomic mass is 32.2. The second-order valence-electron chi connectivity index (χ2n) is 7.69. The number of nitrogens with zero attached hydrogens (tertiary/aromatic N) is 2. The SMILES string of the molecule is O=C(CN1C(=O)SC(=Cc2ccc(OCc3ccc(F)cc3)cc2)C1=O)N1CCCCC1. The van der Waals surface area contributed by atoms with Gasteiger partial charge in [-0.25, -0.2) is 4.39 Å². The lowest BCUT2D eigenvalue weighted by atomic mass is 10.1. The highest BCUT2D eigenvalue weighted by molar-refractivity contribution is 8.18. The Bertz CT molecular complexity index is 1030. The number of hydrogen-bond acceptors (Lipinski definition) is 5.